The molecular weight excluding hydrogens is 436 g/mol. The Labute approximate surface area is 199 Å². The molecule has 2 amide bonds. The van der Waals surface area contributed by atoms with Crippen LogP contribution in [0, 0.1) is 0 Å². The Hall–Kier alpha value is -3.39. The number of carboxylic acids is 1. The number of ether oxygens (including phenoxy) is 2. The molecule has 8 nitrogen and oxygen atoms in total. The lowest BCUT2D eigenvalue weighted by atomic mass is 9.95. The molecule has 0 radical (unpaired) electrons. The summed E-state index contributed by atoms with van der Waals surface area (Å²) in [7, 11) is 1.43. The zero-order valence-corrected chi connectivity index (χ0v) is 19.9. The van der Waals surface area contributed by atoms with E-state index in [2.05, 4.69) is 17.4 Å². The summed E-state index contributed by atoms with van der Waals surface area (Å²) in [5.74, 6) is -1.74. The molecule has 34 heavy (non-hydrogen) atoms. The molecule has 8 heteroatoms. The fourth-order valence-electron chi connectivity index (χ4n) is 4.56. The average Bonchev–Trinajstić information content (AvgIpc) is 3.15. The van der Waals surface area contributed by atoms with E-state index in [0.717, 1.165) is 22.3 Å². The Morgan fingerprint density at radius 2 is 1.62 bits per heavy atom. The van der Waals surface area contributed by atoms with Gasteiger partial charge in [-0.2, -0.15) is 0 Å². The standard InChI is InChI=1S/C26H32N2O6/c1-4-14-28(15-23(29)30)24(31)26(5-2,17-33-3)27-25(32)34-16-22-20-12-8-6-10-18(20)19-11-7-9-13-21(19)22/h6-13,22H,4-5,14-17H2,1-3H3,(H,27,32)(H,29,30). The number of nitrogens with one attached hydrogen (secondary N) is 1. The number of carbonyl (C=O) groups is 3. The fourth-order valence-corrected chi connectivity index (χ4v) is 4.56. The van der Waals surface area contributed by atoms with Crippen molar-refractivity contribution in [3.8, 4) is 11.1 Å². The van der Waals surface area contributed by atoms with Gasteiger partial charge in [0.15, 0.2) is 0 Å². The predicted octanol–water partition coefficient (Wildman–Crippen LogP) is 3.64. The van der Waals surface area contributed by atoms with E-state index >= 15 is 0 Å². The molecule has 2 aromatic rings. The highest BCUT2D eigenvalue weighted by Crippen LogP contribution is 2.44. The first-order valence-corrected chi connectivity index (χ1v) is 11.5. The van der Waals surface area contributed by atoms with Gasteiger partial charge in [0, 0.05) is 19.6 Å². The molecule has 0 saturated carbocycles. The molecule has 0 saturated heterocycles. The Morgan fingerprint density at radius 1 is 1.03 bits per heavy atom. The maximum Gasteiger partial charge on any atom is 0.408 e. The first-order chi connectivity index (χ1) is 16.4. The van der Waals surface area contributed by atoms with Crippen molar-refractivity contribution in [2.45, 2.75) is 38.1 Å². The number of hydrogen-bond donors (Lipinski definition) is 2. The lowest BCUT2D eigenvalue weighted by Crippen LogP contribution is -2.62. The largest absolute Gasteiger partial charge is 0.480 e. The highest BCUT2D eigenvalue weighted by molar-refractivity contribution is 5.92. The van der Waals surface area contributed by atoms with Gasteiger partial charge < -0.3 is 24.8 Å². The summed E-state index contributed by atoms with van der Waals surface area (Å²) in [4.78, 5) is 38.8. The molecule has 0 heterocycles. The number of amides is 2. The van der Waals surface area contributed by atoms with Gasteiger partial charge in [-0.25, -0.2) is 4.79 Å². The second kappa shape index (κ2) is 11.2. The van der Waals surface area contributed by atoms with E-state index in [1.165, 1.54) is 12.0 Å². The normalized spacial score (nSPS) is 14.0. The Morgan fingerprint density at radius 3 is 2.12 bits per heavy atom. The van der Waals surface area contributed by atoms with Gasteiger partial charge in [0.1, 0.15) is 18.7 Å². The molecule has 182 valence electrons. The minimum absolute atomic E-state index is 0.105. The van der Waals surface area contributed by atoms with Gasteiger partial charge in [0.25, 0.3) is 5.91 Å². The second-order valence-electron chi connectivity index (χ2n) is 8.44. The quantitative estimate of drug-likeness (QED) is 0.522. The van der Waals surface area contributed by atoms with Gasteiger partial charge in [-0.05, 0) is 35.1 Å². The molecule has 0 bridgehead atoms. The predicted molar refractivity (Wildman–Crippen MR) is 128 cm³/mol. The van der Waals surface area contributed by atoms with Crippen LogP contribution >= 0.6 is 0 Å². The summed E-state index contributed by atoms with van der Waals surface area (Å²) in [6, 6.07) is 16.1. The van der Waals surface area contributed by atoms with Crippen LogP contribution in [0.2, 0.25) is 0 Å². The summed E-state index contributed by atoms with van der Waals surface area (Å²) < 4.78 is 10.9. The highest BCUT2D eigenvalue weighted by atomic mass is 16.5. The summed E-state index contributed by atoms with van der Waals surface area (Å²) in [5.41, 5.74) is 2.98. The van der Waals surface area contributed by atoms with Crippen molar-refractivity contribution >= 4 is 18.0 Å². The Balaban J connectivity index is 1.77. The number of carbonyl (C=O) groups excluding carboxylic acids is 2. The molecular formula is C26H32N2O6. The van der Waals surface area contributed by atoms with Crippen LogP contribution in [-0.4, -0.2) is 66.9 Å². The summed E-state index contributed by atoms with van der Waals surface area (Å²) >= 11 is 0. The average molecular weight is 469 g/mol. The van der Waals surface area contributed by atoms with Crippen molar-refractivity contribution < 1.29 is 29.0 Å². The monoisotopic (exact) mass is 468 g/mol. The molecule has 1 aliphatic rings. The molecule has 0 aliphatic heterocycles. The van der Waals surface area contributed by atoms with Crippen LogP contribution in [0.25, 0.3) is 11.1 Å². The van der Waals surface area contributed by atoms with Crippen LogP contribution in [0.1, 0.15) is 43.7 Å². The first-order valence-electron chi connectivity index (χ1n) is 11.5. The number of alkyl carbamates (subject to hydrolysis) is 1. The van der Waals surface area contributed by atoms with Gasteiger partial charge in [-0.15, -0.1) is 0 Å². The van der Waals surface area contributed by atoms with Gasteiger partial charge in [-0.3, -0.25) is 9.59 Å². The van der Waals surface area contributed by atoms with E-state index in [-0.39, 0.29) is 32.1 Å². The lowest BCUT2D eigenvalue weighted by molar-refractivity contribution is -0.149. The van der Waals surface area contributed by atoms with Crippen molar-refractivity contribution in [2.75, 3.05) is 33.4 Å². The molecule has 1 aliphatic carbocycles. The molecule has 0 spiro atoms. The number of rotatable bonds is 11. The van der Waals surface area contributed by atoms with Crippen LogP contribution in [0.5, 0.6) is 0 Å². The smallest absolute Gasteiger partial charge is 0.408 e. The van der Waals surface area contributed by atoms with Crippen molar-refractivity contribution in [3.05, 3.63) is 59.7 Å². The van der Waals surface area contributed by atoms with Crippen molar-refractivity contribution in [1.29, 1.82) is 0 Å². The maximum absolute atomic E-state index is 13.3. The second-order valence-corrected chi connectivity index (χ2v) is 8.44. The van der Waals surface area contributed by atoms with Crippen molar-refractivity contribution in [1.82, 2.24) is 10.2 Å². The van der Waals surface area contributed by atoms with Crippen LogP contribution in [-0.2, 0) is 19.1 Å². The SMILES string of the molecule is CCCN(CC(=O)O)C(=O)C(CC)(COC)NC(=O)OCC1c2ccccc2-c2ccccc21. The number of carboxylic acid groups (broad SMARTS) is 1. The third-order valence-corrected chi connectivity index (χ3v) is 6.20. The summed E-state index contributed by atoms with van der Waals surface area (Å²) in [6.45, 7) is 3.39. The first kappa shape index (κ1) is 25.2. The molecule has 3 rings (SSSR count). The lowest BCUT2D eigenvalue weighted by Gasteiger charge is -2.36. The Bertz CT molecular complexity index is 994. The number of benzene rings is 2. The summed E-state index contributed by atoms with van der Waals surface area (Å²) in [6.07, 6.45) is 0.0429. The van der Waals surface area contributed by atoms with Crippen LogP contribution in [0.15, 0.2) is 48.5 Å². The van der Waals surface area contributed by atoms with Crippen molar-refractivity contribution in [3.63, 3.8) is 0 Å². The van der Waals surface area contributed by atoms with Crippen molar-refractivity contribution in [2.24, 2.45) is 0 Å². The number of fused-ring (bicyclic) bond motifs is 3. The maximum atomic E-state index is 13.3. The van der Waals surface area contributed by atoms with E-state index in [4.69, 9.17) is 9.47 Å². The molecule has 2 N–H and O–H groups in total. The van der Waals surface area contributed by atoms with Crippen LogP contribution in [0.4, 0.5) is 4.79 Å². The highest BCUT2D eigenvalue weighted by Gasteiger charge is 2.42. The van der Waals surface area contributed by atoms with E-state index in [1.54, 1.807) is 6.92 Å². The molecule has 0 aromatic heterocycles. The zero-order chi connectivity index (χ0) is 24.7. The number of methoxy groups -OCH3 is 1. The Kier molecular flexibility index (Phi) is 8.28. The van der Waals surface area contributed by atoms with Crippen LogP contribution < -0.4 is 5.32 Å². The van der Waals surface area contributed by atoms with Crippen LogP contribution in [0.3, 0.4) is 0 Å². The zero-order valence-electron chi connectivity index (χ0n) is 19.9. The molecule has 1 atom stereocenters. The third-order valence-electron chi connectivity index (χ3n) is 6.20. The van der Waals surface area contributed by atoms with E-state index < -0.39 is 30.1 Å². The van der Waals surface area contributed by atoms with Gasteiger partial charge in [0.05, 0.1) is 6.61 Å². The third kappa shape index (κ3) is 5.22. The molecule has 2 aromatic carbocycles. The number of aliphatic carboxylic acids is 1. The summed E-state index contributed by atoms with van der Waals surface area (Å²) in [5, 5.41) is 11.9. The molecule has 1 unspecified atom stereocenters. The van der Waals surface area contributed by atoms with E-state index in [9.17, 15) is 19.5 Å². The van der Waals surface area contributed by atoms with E-state index in [1.807, 2.05) is 43.3 Å². The fraction of sp³-hybridized carbons (Fsp3) is 0.423. The topological polar surface area (TPSA) is 105 Å². The minimum Gasteiger partial charge on any atom is -0.480 e. The number of hydrogen-bond acceptors (Lipinski definition) is 5. The number of nitrogens with zero attached hydrogens (tertiary/aromatic N) is 1. The molecule has 0 fully saturated rings. The van der Waals surface area contributed by atoms with E-state index in [0.29, 0.717) is 6.42 Å². The van der Waals surface area contributed by atoms with Gasteiger partial charge in [0.2, 0.25) is 0 Å². The van der Waals surface area contributed by atoms with Gasteiger partial charge in [-0.1, -0.05) is 62.4 Å². The minimum atomic E-state index is -1.43. The van der Waals surface area contributed by atoms with Gasteiger partial charge >= 0.3 is 12.1 Å².